The summed E-state index contributed by atoms with van der Waals surface area (Å²) >= 11 is 1.41. The molecule has 0 saturated heterocycles. The summed E-state index contributed by atoms with van der Waals surface area (Å²) in [6, 6.07) is 17.9. The van der Waals surface area contributed by atoms with Crippen molar-refractivity contribution < 1.29 is 9.53 Å². The van der Waals surface area contributed by atoms with Crippen molar-refractivity contribution in [3.63, 3.8) is 0 Å². The lowest BCUT2D eigenvalue weighted by Crippen LogP contribution is -2.27. The molecule has 0 fully saturated rings. The smallest absolute Gasteiger partial charge is 0.230 e. The summed E-state index contributed by atoms with van der Waals surface area (Å²) in [4.78, 5) is 16.5. The summed E-state index contributed by atoms with van der Waals surface area (Å²) in [5.41, 5.74) is 2.12. The third-order valence-corrected chi connectivity index (χ3v) is 4.83. The second kappa shape index (κ2) is 9.10. The Kier molecular flexibility index (Phi) is 6.33. The van der Waals surface area contributed by atoms with Crippen molar-refractivity contribution in [3.05, 3.63) is 72.6 Å². The summed E-state index contributed by atoms with van der Waals surface area (Å²) in [5, 5.41) is 3.71. The van der Waals surface area contributed by atoms with Crippen LogP contribution in [0.3, 0.4) is 0 Å². The normalized spacial score (nSPS) is 10.5. The molecule has 0 unspecified atom stereocenters. The van der Waals surface area contributed by atoms with Crippen LogP contribution in [-0.2, 0) is 11.2 Å². The van der Waals surface area contributed by atoms with Crippen LogP contribution >= 0.6 is 11.8 Å². The summed E-state index contributed by atoms with van der Waals surface area (Å²) in [7, 11) is 1.64. The highest BCUT2D eigenvalue weighted by molar-refractivity contribution is 7.99. The lowest BCUT2D eigenvalue weighted by molar-refractivity contribution is -0.118. The molecule has 0 aliphatic carbocycles. The SMILES string of the molecule is COc1ccccc1-n1ccnc1SCC(=O)NCCc1ccccc1. The standard InChI is InChI=1S/C20H21N3O2S/c1-25-18-10-6-5-9-17(18)23-14-13-22-20(23)26-15-19(24)21-12-11-16-7-3-2-4-8-16/h2-10,13-14H,11-12,15H2,1H3,(H,21,24). The fraction of sp³-hybridized carbons (Fsp3) is 0.200. The molecule has 1 aromatic heterocycles. The molecular weight excluding hydrogens is 346 g/mol. The fourth-order valence-electron chi connectivity index (χ4n) is 2.58. The molecule has 6 heteroatoms. The van der Waals surface area contributed by atoms with Crippen LogP contribution in [0.4, 0.5) is 0 Å². The fourth-order valence-corrected chi connectivity index (χ4v) is 3.38. The molecule has 3 aromatic rings. The minimum absolute atomic E-state index is 0.000470. The van der Waals surface area contributed by atoms with Crippen molar-refractivity contribution in [2.45, 2.75) is 11.6 Å². The summed E-state index contributed by atoms with van der Waals surface area (Å²) in [6.07, 6.45) is 4.42. The average Bonchev–Trinajstić information content (AvgIpc) is 3.15. The summed E-state index contributed by atoms with van der Waals surface area (Å²) < 4.78 is 7.34. The number of ether oxygens (including phenoxy) is 1. The molecule has 5 nitrogen and oxygen atoms in total. The van der Waals surface area contributed by atoms with Gasteiger partial charge in [-0.15, -0.1) is 0 Å². The number of hydrogen-bond donors (Lipinski definition) is 1. The van der Waals surface area contributed by atoms with Gasteiger partial charge in [-0.25, -0.2) is 4.98 Å². The minimum atomic E-state index is 0.000470. The van der Waals surface area contributed by atoms with E-state index in [0.29, 0.717) is 12.3 Å². The predicted octanol–water partition coefficient (Wildman–Crippen LogP) is 3.33. The number of carbonyl (C=O) groups excluding carboxylic acids is 1. The van der Waals surface area contributed by atoms with E-state index in [1.807, 2.05) is 53.2 Å². The Morgan fingerprint density at radius 2 is 1.92 bits per heavy atom. The first-order valence-electron chi connectivity index (χ1n) is 8.38. The zero-order chi connectivity index (χ0) is 18.2. The third kappa shape index (κ3) is 4.67. The van der Waals surface area contributed by atoms with E-state index < -0.39 is 0 Å². The van der Waals surface area contributed by atoms with Gasteiger partial charge < -0.3 is 10.1 Å². The lowest BCUT2D eigenvalue weighted by atomic mass is 10.1. The van der Waals surface area contributed by atoms with E-state index in [1.165, 1.54) is 17.3 Å². The number of benzene rings is 2. The Labute approximate surface area is 157 Å². The number of amides is 1. The molecule has 0 atom stereocenters. The molecule has 26 heavy (non-hydrogen) atoms. The predicted molar refractivity (Wildman–Crippen MR) is 104 cm³/mol. The topological polar surface area (TPSA) is 56.2 Å². The molecule has 1 heterocycles. The van der Waals surface area contributed by atoms with Crippen LogP contribution < -0.4 is 10.1 Å². The molecule has 2 aromatic carbocycles. The van der Waals surface area contributed by atoms with E-state index in [1.54, 1.807) is 13.3 Å². The maximum absolute atomic E-state index is 12.1. The number of aromatic nitrogens is 2. The zero-order valence-corrected chi connectivity index (χ0v) is 15.4. The van der Waals surface area contributed by atoms with Gasteiger partial charge >= 0.3 is 0 Å². The Morgan fingerprint density at radius 1 is 1.15 bits per heavy atom. The van der Waals surface area contributed by atoms with Crippen molar-refractivity contribution in [1.29, 1.82) is 0 Å². The van der Waals surface area contributed by atoms with Crippen LogP contribution in [0.25, 0.3) is 5.69 Å². The maximum atomic E-state index is 12.1. The van der Waals surface area contributed by atoms with Crippen molar-refractivity contribution >= 4 is 17.7 Å². The maximum Gasteiger partial charge on any atom is 0.230 e. The number of nitrogens with one attached hydrogen (secondary N) is 1. The van der Waals surface area contributed by atoms with Gasteiger partial charge in [0.2, 0.25) is 5.91 Å². The van der Waals surface area contributed by atoms with Gasteiger partial charge in [0.05, 0.1) is 18.6 Å². The van der Waals surface area contributed by atoms with Gasteiger partial charge in [-0.3, -0.25) is 9.36 Å². The van der Waals surface area contributed by atoms with Crippen molar-refractivity contribution in [2.75, 3.05) is 19.4 Å². The average molecular weight is 367 g/mol. The van der Waals surface area contributed by atoms with Crippen LogP contribution in [0.15, 0.2) is 72.1 Å². The molecular formula is C20H21N3O2S. The van der Waals surface area contributed by atoms with Crippen molar-refractivity contribution in [3.8, 4) is 11.4 Å². The monoisotopic (exact) mass is 367 g/mol. The summed E-state index contributed by atoms with van der Waals surface area (Å²) in [6.45, 7) is 0.629. The van der Waals surface area contributed by atoms with Gasteiger partial charge in [-0.2, -0.15) is 0 Å². The zero-order valence-electron chi connectivity index (χ0n) is 14.6. The van der Waals surface area contributed by atoms with Gasteiger partial charge in [0, 0.05) is 18.9 Å². The molecule has 0 aliphatic rings. The van der Waals surface area contributed by atoms with Crippen LogP contribution in [-0.4, -0.2) is 34.9 Å². The Bertz CT molecular complexity index is 849. The van der Waals surface area contributed by atoms with E-state index in [4.69, 9.17) is 4.74 Å². The minimum Gasteiger partial charge on any atom is -0.495 e. The summed E-state index contributed by atoms with van der Waals surface area (Å²) in [5.74, 6) is 1.08. The first kappa shape index (κ1) is 18.1. The second-order valence-corrected chi connectivity index (χ2v) is 6.57. The molecule has 0 radical (unpaired) electrons. The van der Waals surface area contributed by atoms with Gasteiger partial charge in [-0.05, 0) is 24.1 Å². The third-order valence-electron chi connectivity index (χ3n) is 3.86. The number of imidazole rings is 1. The van der Waals surface area contributed by atoms with E-state index in [9.17, 15) is 4.79 Å². The van der Waals surface area contributed by atoms with Crippen LogP contribution in [0, 0.1) is 0 Å². The highest BCUT2D eigenvalue weighted by Gasteiger charge is 2.11. The number of nitrogens with zero attached hydrogens (tertiary/aromatic N) is 2. The second-order valence-electron chi connectivity index (χ2n) is 5.63. The number of thioether (sulfide) groups is 1. The molecule has 134 valence electrons. The van der Waals surface area contributed by atoms with Gasteiger partial charge in [0.1, 0.15) is 5.75 Å². The molecule has 0 bridgehead atoms. The van der Waals surface area contributed by atoms with E-state index in [-0.39, 0.29) is 5.91 Å². The Hall–Kier alpha value is -2.73. The largest absolute Gasteiger partial charge is 0.495 e. The van der Waals surface area contributed by atoms with Crippen molar-refractivity contribution in [2.24, 2.45) is 0 Å². The molecule has 1 N–H and O–H groups in total. The van der Waals surface area contributed by atoms with Crippen molar-refractivity contribution in [1.82, 2.24) is 14.9 Å². The number of para-hydroxylation sites is 2. The number of carbonyl (C=O) groups is 1. The highest BCUT2D eigenvalue weighted by atomic mass is 32.2. The van der Waals surface area contributed by atoms with Gasteiger partial charge in [-0.1, -0.05) is 54.2 Å². The Balaban J connectivity index is 1.54. The number of methoxy groups -OCH3 is 1. The van der Waals surface area contributed by atoms with Crippen LogP contribution in [0.2, 0.25) is 0 Å². The van der Waals surface area contributed by atoms with Gasteiger partial charge in [0.15, 0.2) is 5.16 Å². The lowest BCUT2D eigenvalue weighted by Gasteiger charge is -2.11. The van der Waals surface area contributed by atoms with Crippen LogP contribution in [0.1, 0.15) is 5.56 Å². The molecule has 1 amide bonds. The highest BCUT2D eigenvalue weighted by Crippen LogP contribution is 2.27. The number of rotatable bonds is 8. The molecule has 0 saturated carbocycles. The first-order chi connectivity index (χ1) is 12.8. The van der Waals surface area contributed by atoms with E-state index in [0.717, 1.165) is 23.0 Å². The van der Waals surface area contributed by atoms with Crippen LogP contribution in [0.5, 0.6) is 5.75 Å². The number of hydrogen-bond acceptors (Lipinski definition) is 4. The Morgan fingerprint density at radius 3 is 2.73 bits per heavy atom. The van der Waals surface area contributed by atoms with Gasteiger partial charge in [0.25, 0.3) is 0 Å². The quantitative estimate of drug-likeness (QED) is 0.621. The first-order valence-corrected chi connectivity index (χ1v) is 9.36. The van der Waals surface area contributed by atoms with E-state index in [2.05, 4.69) is 22.4 Å². The van der Waals surface area contributed by atoms with E-state index >= 15 is 0 Å². The molecule has 0 aliphatic heterocycles. The molecule has 3 rings (SSSR count). The molecule has 0 spiro atoms.